The van der Waals surface area contributed by atoms with Gasteiger partial charge in [0.25, 0.3) is 0 Å². The molecule has 2 amide bonds. The van der Waals surface area contributed by atoms with Crippen LogP contribution >= 0.6 is 0 Å². The molecule has 110 valence electrons. The Hall–Kier alpha value is -1.79. The number of carbonyl (C=O) groups excluding carboxylic acids is 2. The maximum absolute atomic E-state index is 12.2. The SMILES string of the molecule is CCCN(CC(=O)OC)C(=O)N(CC(=O)O)C(C)C. The molecule has 0 rings (SSSR count). The molecule has 0 aliphatic rings. The lowest BCUT2D eigenvalue weighted by Gasteiger charge is -2.31. The number of carboxylic acid groups (broad SMARTS) is 1. The summed E-state index contributed by atoms with van der Waals surface area (Å²) in [6.45, 7) is 5.13. The van der Waals surface area contributed by atoms with Gasteiger partial charge in [-0.25, -0.2) is 4.79 Å². The minimum Gasteiger partial charge on any atom is -0.480 e. The fourth-order valence-electron chi connectivity index (χ4n) is 1.53. The minimum atomic E-state index is -1.09. The van der Waals surface area contributed by atoms with Gasteiger partial charge in [0, 0.05) is 12.6 Å². The van der Waals surface area contributed by atoms with Crippen molar-refractivity contribution in [3.05, 3.63) is 0 Å². The van der Waals surface area contributed by atoms with Crippen molar-refractivity contribution in [2.45, 2.75) is 33.2 Å². The summed E-state index contributed by atoms with van der Waals surface area (Å²) < 4.78 is 4.53. The van der Waals surface area contributed by atoms with Crippen LogP contribution in [0.2, 0.25) is 0 Å². The highest BCUT2D eigenvalue weighted by Gasteiger charge is 2.26. The van der Waals surface area contributed by atoms with E-state index in [9.17, 15) is 14.4 Å². The first-order chi connectivity index (χ1) is 8.83. The lowest BCUT2D eigenvalue weighted by atomic mass is 10.3. The van der Waals surface area contributed by atoms with Gasteiger partial charge in [0.15, 0.2) is 0 Å². The monoisotopic (exact) mass is 274 g/mol. The van der Waals surface area contributed by atoms with E-state index < -0.39 is 24.5 Å². The molecule has 0 heterocycles. The number of hydrogen-bond donors (Lipinski definition) is 1. The molecule has 0 aromatic carbocycles. The van der Waals surface area contributed by atoms with Gasteiger partial charge in [-0.3, -0.25) is 9.59 Å². The summed E-state index contributed by atoms with van der Waals surface area (Å²) in [5, 5.41) is 8.82. The van der Waals surface area contributed by atoms with E-state index in [0.29, 0.717) is 13.0 Å². The maximum Gasteiger partial charge on any atom is 0.325 e. The van der Waals surface area contributed by atoms with Crippen LogP contribution in [0, 0.1) is 0 Å². The Labute approximate surface area is 113 Å². The normalized spacial score (nSPS) is 10.2. The number of aliphatic carboxylic acids is 1. The summed E-state index contributed by atoms with van der Waals surface area (Å²) in [5.41, 5.74) is 0. The van der Waals surface area contributed by atoms with Gasteiger partial charge in [0.1, 0.15) is 13.1 Å². The van der Waals surface area contributed by atoms with Crippen molar-refractivity contribution in [1.82, 2.24) is 9.80 Å². The molecule has 0 aromatic heterocycles. The molecule has 0 bridgehead atoms. The molecular formula is C12H22N2O5. The van der Waals surface area contributed by atoms with Crippen LogP contribution in [0.4, 0.5) is 4.79 Å². The molecule has 0 aliphatic heterocycles. The molecule has 0 spiro atoms. The van der Waals surface area contributed by atoms with Gasteiger partial charge in [0.2, 0.25) is 0 Å². The zero-order valence-electron chi connectivity index (χ0n) is 11.9. The smallest absolute Gasteiger partial charge is 0.325 e. The number of carbonyl (C=O) groups is 3. The summed E-state index contributed by atoms with van der Waals surface area (Å²) in [5.74, 6) is -1.61. The molecule has 1 N–H and O–H groups in total. The molecule has 0 saturated heterocycles. The van der Waals surface area contributed by atoms with Gasteiger partial charge in [0.05, 0.1) is 7.11 Å². The first-order valence-electron chi connectivity index (χ1n) is 6.17. The summed E-state index contributed by atoms with van der Waals surface area (Å²) >= 11 is 0. The van der Waals surface area contributed by atoms with Crippen molar-refractivity contribution in [3.8, 4) is 0 Å². The predicted octanol–water partition coefficient (Wildman–Crippen LogP) is 0.786. The first kappa shape index (κ1) is 17.2. The average molecular weight is 274 g/mol. The molecule has 0 unspecified atom stereocenters. The van der Waals surface area contributed by atoms with Gasteiger partial charge in [-0.15, -0.1) is 0 Å². The molecular weight excluding hydrogens is 252 g/mol. The Morgan fingerprint density at radius 3 is 2.16 bits per heavy atom. The van der Waals surface area contributed by atoms with Crippen molar-refractivity contribution >= 4 is 18.0 Å². The third kappa shape index (κ3) is 6.08. The van der Waals surface area contributed by atoms with E-state index in [1.54, 1.807) is 13.8 Å². The van der Waals surface area contributed by atoms with E-state index in [0.717, 1.165) is 0 Å². The van der Waals surface area contributed by atoms with Crippen molar-refractivity contribution < 1.29 is 24.2 Å². The van der Waals surface area contributed by atoms with E-state index in [-0.39, 0.29) is 12.6 Å². The van der Waals surface area contributed by atoms with Crippen LogP contribution in [0.25, 0.3) is 0 Å². The quantitative estimate of drug-likeness (QED) is 0.693. The summed E-state index contributed by atoms with van der Waals surface area (Å²) in [6, 6.07) is -0.731. The second-order valence-corrected chi connectivity index (χ2v) is 4.40. The Morgan fingerprint density at radius 1 is 1.21 bits per heavy atom. The molecule has 7 heteroatoms. The standard InChI is InChI=1S/C12H22N2O5/c1-5-6-13(8-11(17)19-4)12(18)14(9(2)3)7-10(15)16/h9H,5-8H2,1-4H3,(H,15,16). The molecule has 0 fully saturated rings. The second-order valence-electron chi connectivity index (χ2n) is 4.40. The number of rotatable bonds is 7. The highest BCUT2D eigenvalue weighted by Crippen LogP contribution is 2.06. The number of methoxy groups -OCH3 is 1. The van der Waals surface area contributed by atoms with E-state index in [4.69, 9.17) is 5.11 Å². The molecule has 0 saturated carbocycles. The Bertz CT molecular complexity index is 330. The number of esters is 1. The zero-order valence-corrected chi connectivity index (χ0v) is 11.9. The van der Waals surface area contributed by atoms with Crippen LogP contribution in [-0.2, 0) is 14.3 Å². The van der Waals surface area contributed by atoms with E-state index in [1.807, 2.05) is 6.92 Å². The van der Waals surface area contributed by atoms with Crippen LogP contribution < -0.4 is 0 Å². The molecule has 7 nitrogen and oxygen atoms in total. The topological polar surface area (TPSA) is 87.2 Å². The number of amides is 2. The van der Waals surface area contributed by atoms with E-state index in [1.165, 1.54) is 16.9 Å². The Kier molecular flexibility index (Phi) is 7.55. The van der Waals surface area contributed by atoms with Crippen LogP contribution in [-0.4, -0.2) is 65.7 Å². The van der Waals surface area contributed by atoms with Crippen molar-refractivity contribution in [1.29, 1.82) is 0 Å². The molecule has 0 aromatic rings. The largest absolute Gasteiger partial charge is 0.480 e. The van der Waals surface area contributed by atoms with E-state index in [2.05, 4.69) is 4.74 Å². The minimum absolute atomic E-state index is 0.175. The molecule has 0 radical (unpaired) electrons. The Morgan fingerprint density at radius 2 is 1.79 bits per heavy atom. The molecule has 19 heavy (non-hydrogen) atoms. The van der Waals surface area contributed by atoms with Crippen LogP contribution in [0.15, 0.2) is 0 Å². The fourth-order valence-corrected chi connectivity index (χ4v) is 1.53. The number of nitrogens with zero attached hydrogens (tertiary/aromatic N) is 2. The number of ether oxygens (including phenoxy) is 1. The fraction of sp³-hybridized carbons (Fsp3) is 0.750. The van der Waals surface area contributed by atoms with Gasteiger partial charge < -0.3 is 19.6 Å². The first-order valence-corrected chi connectivity index (χ1v) is 6.17. The number of hydrogen-bond acceptors (Lipinski definition) is 4. The van der Waals surface area contributed by atoms with Crippen LogP contribution in [0.1, 0.15) is 27.2 Å². The van der Waals surface area contributed by atoms with Crippen LogP contribution in [0.3, 0.4) is 0 Å². The molecule has 0 atom stereocenters. The lowest BCUT2D eigenvalue weighted by molar-refractivity contribution is -0.141. The third-order valence-electron chi connectivity index (χ3n) is 2.49. The van der Waals surface area contributed by atoms with Gasteiger partial charge in [-0.05, 0) is 20.3 Å². The zero-order chi connectivity index (χ0) is 15.0. The number of carboxylic acids is 1. The number of urea groups is 1. The van der Waals surface area contributed by atoms with Gasteiger partial charge in [-0.1, -0.05) is 6.92 Å². The van der Waals surface area contributed by atoms with Crippen molar-refractivity contribution in [3.63, 3.8) is 0 Å². The van der Waals surface area contributed by atoms with Crippen molar-refractivity contribution in [2.75, 3.05) is 26.7 Å². The van der Waals surface area contributed by atoms with Crippen molar-refractivity contribution in [2.24, 2.45) is 0 Å². The molecule has 0 aliphatic carbocycles. The highest BCUT2D eigenvalue weighted by atomic mass is 16.5. The maximum atomic E-state index is 12.2. The summed E-state index contributed by atoms with van der Waals surface area (Å²) in [4.78, 5) is 36.8. The third-order valence-corrected chi connectivity index (χ3v) is 2.49. The predicted molar refractivity (Wildman–Crippen MR) is 68.8 cm³/mol. The second kappa shape index (κ2) is 8.34. The van der Waals surface area contributed by atoms with Crippen LogP contribution in [0.5, 0.6) is 0 Å². The summed E-state index contributed by atoms with van der Waals surface area (Å²) in [6.07, 6.45) is 0.668. The van der Waals surface area contributed by atoms with Gasteiger partial charge >= 0.3 is 18.0 Å². The average Bonchev–Trinajstić information content (AvgIpc) is 2.33. The van der Waals surface area contributed by atoms with Gasteiger partial charge in [-0.2, -0.15) is 0 Å². The lowest BCUT2D eigenvalue weighted by Crippen LogP contribution is -2.50. The summed E-state index contributed by atoms with van der Waals surface area (Å²) in [7, 11) is 1.24. The highest BCUT2D eigenvalue weighted by molar-refractivity contribution is 5.83. The van der Waals surface area contributed by atoms with E-state index >= 15 is 0 Å². The Balaban J connectivity index is 4.90.